The summed E-state index contributed by atoms with van der Waals surface area (Å²) in [5, 5.41) is 2.04. The lowest BCUT2D eigenvalue weighted by Gasteiger charge is -2.21. The van der Waals surface area contributed by atoms with Gasteiger partial charge >= 0.3 is 0 Å². The third-order valence-corrected chi connectivity index (χ3v) is 3.08. The quantitative estimate of drug-likeness (QED) is 0.800. The minimum atomic E-state index is -2.58. The summed E-state index contributed by atoms with van der Waals surface area (Å²) in [5.41, 5.74) is 3.81. The van der Waals surface area contributed by atoms with Crippen LogP contribution in [0.4, 0.5) is 8.78 Å². The van der Waals surface area contributed by atoms with Crippen LogP contribution in [0.25, 0.3) is 0 Å². The molecule has 0 fully saturated rings. The Morgan fingerprint density at radius 2 is 2.25 bits per heavy atom. The predicted octanol–water partition coefficient (Wildman–Crippen LogP) is 2.84. The van der Waals surface area contributed by atoms with Crippen molar-refractivity contribution >= 4 is 22.9 Å². The SMILES string of the molecule is CC(N)(c1cc(Cl)cs1)C(F)F. The summed E-state index contributed by atoms with van der Waals surface area (Å²) >= 11 is 6.73. The normalized spacial score (nSPS) is 16.5. The second kappa shape index (κ2) is 3.28. The average molecular weight is 212 g/mol. The molecule has 1 nitrogen and oxygen atoms in total. The highest BCUT2D eigenvalue weighted by molar-refractivity contribution is 7.10. The van der Waals surface area contributed by atoms with Crippen molar-refractivity contribution in [1.82, 2.24) is 0 Å². The molecule has 68 valence electrons. The van der Waals surface area contributed by atoms with E-state index in [-0.39, 0.29) is 0 Å². The fourth-order valence-corrected chi connectivity index (χ4v) is 1.86. The second-order valence-corrected chi connectivity index (χ2v) is 4.06. The van der Waals surface area contributed by atoms with Crippen molar-refractivity contribution in [2.45, 2.75) is 18.9 Å². The van der Waals surface area contributed by atoms with Crippen LogP contribution >= 0.6 is 22.9 Å². The van der Waals surface area contributed by atoms with Crippen LogP contribution in [-0.4, -0.2) is 6.43 Å². The Bertz CT molecular complexity index is 272. The smallest absolute Gasteiger partial charge is 0.260 e. The first-order valence-corrected chi connectivity index (χ1v) is 4.52. The summed E-state index contributed by atoms with van der Waals surface area (Å²) in [7, 11) is 0. The van der Waals surface area contributed by atoms with Crippen LogP contribution in [-0.2, 0) is 5.54 Å². The Morgan fingerprint density at radius 1 is 1.67 bits per heavy atom. The monoisotopic (exact) mass is 211 g/mol. The van der Waals surface area contributed by atoms with Crippen LogP contribution in [0.15, 0.2) is 11.4 Å². The molecule has 12 heavy (non-hydrogen) atoms. The second-order valence-electron chi connectivity index (χ2n) is 2.71. The molecule has 0 aliphatic rings. The van der Waals surface area contributed by atoms with Crippen molar-refractivity contribution in [1.29, 1.82) is 0 Å². The van der Waals surface area contributed by atoms with Crippen LogP contribution in [0, 0.1) is 0 Å². The van der Waals surface area contributed by atoms with Crippen LogP contribution in [0.5, 0.6) is 0 Å². The van der Waals surface area contributed by atoms with Crippen LogP contribution in [0.1, 0.15) is 11.8 Å². The van der Waals surface area contributed by atoms with Crippen molar-refractivity contribution in [2.24, 2.45) is 5.73 Å². The molecule has 0 bridgehead atoms. The molecule has 1 aromatic rings. The highest BCUT2D eigenvalue weighted by atomic mass is 35.5. The molecule has 0 aliphatic carbocycles. The fraction of sp³-hybridized carbons (Fsp3) is 0.429. The molecule has 2 N–H and O–H groups in total. The Balaban J connectivity index is 2.97. The van der Waals surface area contributed by atoms with Crippen LogP contribution in [0.3, 0.4) is 0 Å². The van der Waals surface area contributed by atoms with E-state index >= 15 is 0 Å². The van der Waals surface area contributed by atoms with Gasteiger partial charge in [0.1, 0.15) is 5.54 Å². The van der Waals surface area contributed by atoms with Gasteiger partial charge in [0, 0.05) is 10.3 Å². The van der Waals surface area contributed by atoms with Crippen molar-refractivity contribution in [2.75, 3.05) is 0 Å². The summed E-state index contributed by atoms with van der Waals surface area (Å²) in [6, 6.07) is 1.47. The van der Waals surface area contributed by atoms with E-state index in [0.29, 0.717) is 9.90 Å². The third-order valence-electron chi connectivity index (χ3n) is 1.55. The molecule has 0 amide bonds. The van der Waals surface area contributed by atoms with Gasteiger partial charge in [0.15, 0.2) is 0 Å². The summed E-state index contributed by atoms with van der Waals surface area (Å²) in [5.74, 6) is 0. The molecule has 1 rings (SSSR count). The molecule has 1 heterocycles. The van der Waals surface area contributed by atoms with Crippen molar-refractivity contribution in [3.63, 3.8) is 0 Å². The summed E-state index contributed by atoms with van der Waals surface area (Å²) in [6.45, 7) is 1.29. The van der Waals surface area contributed by atoms with Gasteiger partial charge in [0.05, 0.1) is 5.02 Å². The lowest BCUT2D eigenvalue weighted by molar-refractivity contribution is 0.0645. The van der Waals surface area contributed by atoms with Crippen molar-refractivity contribution < 1.29 is 8.78 Å². The van der Waals surface area contributed by atoms with Crippen LogP contribution in [0.2, 0.25) is 5.02 Å². The Kier molecular flexibility index (Phi) is 2.70. The molecule has 0 aliphatic heterocycles. The van der Waals surface area contributed by atoms with Gasteiger partial charge in [-0.25, -0.2) is 8.78 Å². The molecule has 1 unspecified atom stereocenters. The average Bonchev–Trinajstić information content (AvgIpc) is 2.35. The fourth-order valence-electron chi connectivity index (χ4n) is 0.703. The summed E-state index contributed by atoms with van der Waals surface area (Å²) in [6.07, 6.45) is -2.58. The van der Waals surface area contributed by atoms with Gasteiger partial charge < -0.3 is 5.73 Å². The van der Waals surface area contributed by atoms with Gasteiger partial charge in [-0.3, -0.25) is 0 Å². The zero-order valence-electron chi connectivity index (χ0n) is 6.35. The van der Waals surface area contributed by atoms with Gasteiger partial charge in [0.25, 0.3) is 6.43 Å². The van der Waals surface area contributed by atoms with E-state index in [4.69, 9.17) is 17.3 Å². The highest BCUT2D eigenvalue weighted by Gasteiger charge is 2.33. The number of hydrogen-bond donors (Lipinski definition) is 1. The number of rotatable bonds is 2. The van der Waals surface area contributed by atoms with E-state index in [1.165, 1.54) is 13.0 Å². The number of thiophene rings is 1. The van der Waals surface area contributed by atoms with Gasteiger partial charge in [-0.2, -0.15) is 0 Å². The van der Waals surface area contributed by atoms with E-state index in [0.717, 1.165) is 11.3 Å². The molecular formula is C7H8ClF2NS. The molecule has 0 spiro atoms. The Labute approximate surface area is 78.1 Å². The lowest BCUT2D eigenvalue weighted by atomic mass is 10.0. The van der Waals surface area contributed by atoms with Gasteiger partial charge in [-0.1, -0.05) is 11.6 Å². The third kappa shape index (κ3) is 1.76. The largest absolute Gasteiger partial charge is 0.316 e. The first kappa shape index (κ1) is 9.89. The molecule has 1 atom stereocenters. The number of nitrogens with two attached hydrogens (primary N) is 1. The number of halogens is 3. The highest BCUT2D eigenvalue weighted by Crippen LogP contribution is 2.31. The van der Waals surface area contributed by atoms with Gasteiger partial charge in [-0.15, -0.1) is 11.3 Å². The maximum absolute atomic E-state index is 12.3. The van der Waals surface area contributed by atoms with E-state index in [1.807, 2.05) is 0 Å². The van der Waals surface area contributed by atoms with Crippen molar-refractivity contribution in [3.05, 3.63) is 21.3 Å². The standard InChI is InChI=1S/C7H8ClF2NS/c1-7(11,6(9)10)5-2-4(8)3-12-5/h2-3,6H,11H2,1H3. The Morgan fingerprint density at radius 3 is 2.58 bits per heavy atom. The van der Waals surface area contributed by atoms with E-state index in [2.05, 4.69) is 0 Å². The molecule has 1 aromatic heterocycles. The first-order chi connectivity index (χ1) is 5.44. The molecule has 0 aromatic carbocycles. The van der Waals surface area contributed by atoms with E-state index < -0.39 is 12.0 Å². The first-order valence-electron chi connectivity index (χ1n) is 3.26. The van der Waals surface area contributed by atoms with Crippen LogP contribution < -0.4 is 5.73 Å². The zero-order chi connectivity index (χ0) is 9.35. The number of hydrogen-bond acceptors (Lipinski definition) is 2. The molecule has 0 saturated carbocycles. The topological polar surface area (TPSA) is 26.0 Å². The Hall–Kier alpha value is -0.190. The summed E-state index contributed by atoms with van der Waals surface area (Å²) < 4.78 is 24.7. The van der Waals surface area contributed by atoms with Crippen molar-refractivity contribution in [3.8, 4) is 0 Å². The minimum Gasteiger partial charge on any atom is -0.316 e. The molecular weight excluding hydrogens is 204 g/mol. The van der Waals surface area contributed by atoms with E-state index in [9.17, 15) is 8.78 Å². The van der Waals surface area contributed by atoms with E-state index in [1.54, 1.807) is 5.38 Å². The van der Waals surface area contributed by atoms with Gasteiger partial charge in [0.2, 0.25) is 0 Å². The molecule has 0 radical (unpaired) electrons. The molecule has 0 saturated heterocycles. The molecule has 5 heteroatoms. The van der Waals surface area contributed by atoms with Gasteiger partial charge in [-0.05, 0) is 13.0 Å². The maximum Gasteiger partial charge on any atom is 0.260 e. The number of alkyl halides is 2. The zero-order valence-corrected chi connectivity index (χ0v) is 7.92. The maximum atomic E-state index is 12.3. The lowest BCUT2D eigenvalue weighted by Crippen LogP contribution is -2.39. The summed E-state index contributed by atoms with van der Waals surface area (Å²) in [4.78, 5) is 0.405. The minimum absolute atomic E-state index is 0.405. The predicted molar refractivity (Wildman–Crippen MR) is 46.9 cm³/mol.